The van der Waals surface area contributed by atoms with Crippen molar-refractivity contribution >= 4 is 17.6 Å². The van der Waals surface area contributed by atoms with Crippen molar-refractivity contribution in [3.63, 3.8) is 0 Å². The zero-order valence-electron chi connectivity index (χ0n) is 11.9. The summed E-state index contributed by atoms with van der Waals surface area (Å²) in [6, 6.07) is 4.40. The van der Waals surface area contributed by atoms with Crippen molar-refractivity contribution in [2.75, 3.05) is 0 Å². The number of carbonyl (C=O) groups is 1. The minimum atomic E-state index is -1.11. The lowest BCUT2D eigenvalue weighted by Crippen LogP contribution is -2.13. The van der Waals surface area contributed by atoms with Gasteiger partial charge in [0.05, 0.1) is 10.6 Å². The molecule has 7 heteroatoms. The maximum atomic E-state index is 11.0. The summed E-state index contributed by atoms with van der Waals surface area (Å²) < 4.78 is 10.5. The minimum absolute atomic E-state index is 0.0184. The molecule has 0 aliphatic carbocycles. The number of halogens is 1. The molecule has 0 aliphatic heterocycles. The Bertz CT molecular complexity index is 661. The van der Waals surface area contributed by atoms with Crippen LogP contribution in [0.25, 0.3) is 0 Å². The molecular formula is C14H15ClN2O4. The van der Waals surface area contributed by atoms with E-state index in [1.54, 1.807) is 6.07 Å². The molecular weight excluding hydrogens is 296 g/mol. The van der Waals surface area contributed by atoms with Crippen molar-refractivity contribution in [3.05, 3.63) is 40.5 Å². The SMILES string of the molecule is CC(C)(C)c1noc(COc2ccc(Cl)c(C(=O)O)c2)n1. The van der Waals surface area contributed by atoms with E-state index >= 15 is 0 Å². The third-order valence-corrected chi connectivity index (χ3v) is 3.00. The van der Waals surface area contributed by atoms with Crippen LogP contribution in [0.4, 0.5) is 0 Å². The number of hydrogen-bond acceptors (Lipinski definition) is 5. The molecule has 0 saturated heterocycles. The largest absolute Gasteiger partial charge is 0.484 e. The Labute approximate surface area is 126 Å². The number of carboxylic acids is 1. The molecule has 1 aromatic carbocycles. The summed E-state index contributed by atoms with van der Waals surface area (Å²) in [6.07, 6.45) is 0. The van der Waals surface area contributed by atoms with Crippen molar-refractivity contribution < 1.29 is 19.2 Å². The van der Waals surface area contributed by atoms with E-state index in [9.17, 15) is 4.79 Å². The Kier molecular flexibility index (Phi) is 4.18. The van der Waals surface area contributed by atoms with Crippen LogP contribution in [-0.4, -0.2) is 21.2 Å². The van der Waals surface area contributed by atoms with Gasteiger partial charge in [0.15, 0.2) is 12.4 Å². The summed E-state index contributed by atoms with van der Waals surface area (Å²) in [6.45, 7) is 5.98. The van der Waals surface area contributed by atoms with E-state index in [4.69, 9.17) is 26.0 Å². The number of hydrogen-bond donors (Lipinski definition) is 1. The second-order valence-corrected chi connectivity index (χ2v) is 5.90. The van der Waals surface area contributed by atoms with Crippen molar-refractivity contribution in [1.29, 1.82) is 0 Å². The smallest absolute Gasteiger partial charge is 0.337 e. The van der Waals surface area contributed by atoms with Gasteiger partial charge in [-0.05, 0) is 18.2 Å². The van der Waals surface area contributed by atoms with Crippen LogP contribution in [0.5, 0.6) is 5.75 Å². The lowest BCUT2D eigenvalue weighted by atomic mass is 9.96. The first-order valence-corrected chi connectivity index (χ1v) is 6.64. The first-order chi connectivity index (χ1) is 9.77. The molecule has 21 heavy (non-hydrogen) atoms. The van der Waals surface area contributed by atoms with Gasteiger partial charge in [-0.1, -0.05) is 37.5 Å². The highest BCUT2D eigenvalue weighted by Gasteiger charge is 2.21. The monoisotopic (exact) mass is 310 g/mol. The molecule has 112 valence electrons. The van der Waals surface area contributed by atoms with Gasteiger partial charge >= 0.3 is 5.97 Å². The van der Waals surface area contributed by atoms with Crippen LogP contribution in [-0.2, 0) is 12.0 Å². The van der Waals surface area contributed by atoms with E-state index < -0.39 is 5.97 Å². The third kappa shape index (κ3) is 3.72. The normalized spacial score (nSPS) is 11.4. The van der Waals surface area contributed by atoms with Gasteiger partial charge < -0.3 is 14.4 Å². The molecule has 2 rings (SSSR count). The fourth-order valence-corrected chi connectivity index (χ4v) is 1.72. The van der Waals surface area contributed by atoms with Gasteiger partial charge in [-0.15, -0.1) is 0 Å². The fourth-order valence-electron chi connectivity index (χ4n) is 1.52. The average Bonchev–Trinajstić information content (AvgIpc) is 2.86. The summed E-state index contributed by atoms with van der Waals surface area (Å²) in [5.41, 5.74) is -0.228. The number of aromatic nitrogens is 2. The third-order valence-electron chi connectivity index (χ3n) is 2.67. The number of aromatic carboxylic acids is 1. The van der Waals surface area contributed by atoms with Crippen LogP contribution in [0.1, 0.15) is 42.8 Å². The fraction of sp³-hybridized carbons (Fsp3) is 0.357. The molecule has 0 atom stereocenters. The standard InChI is InChI=1S/C14H15ClN2O4/c1-14(2,3)13-16-11(21-17-13)7-20-8-4-5-10(15)9(6-8)12(18)19/h4-6H,7H2,1-3H3,(H,18,19). The molecule has 0 radical (unpaired) electrons. The molecule has 0 spiro atoms. The van der Waals surface area contributed by atoms with Crippen LogP contribution < -0.4 is 4.74 Å². The number of nitrogens with zero attached hydrogens (tertiary/aromatic N) is 2. The molecule has 1 aromatic heterocycles. The minimum Gasteiger partial charge on any atom is -0.484 e. The summed E-state index contributed by atoms with van der Waals surface area (Å²) in [5, 5.41) is 13.0. The highest BCUT2D eigenvalue weighted by molar-refractivity contribution is 6.33. The molecule has 0 bridgehead atoms. The topological polar surface area (TPSA) is 85.5 Å². The van der Waals surface area contributed by atoms with Gasteiger partial charge in [0.2, 0.25) is 0 Å². The Balaban J connectivity index is 2.08. The van der Waals surface area contributed by atoms with Crippen LogP contribution in [0.15, 0.2) is 22.7 Å². The van der Waals surface area contributed by atoms with E-state index in [-0.39, 0.29) is 22.6 Å². The van der Waals surface area contributed by atoms with E-state index in [1.165, 1.54) is 12.1 Å². The average molecular weight is 311 g/mol. The number of benzene rings is 1. The van der Waals surface area contributed by atoms with Crippen LogP contribution in [0.2, 0.25) is 5.02 Å². The van der Waals surface area contributed by atoms with Gasteiger partial charge in [-0.2, -0.15) is 4.98 Å². The van der Waals surface area contributed by atoms with E-state index in [0.29, 0.717) is 17.5 Å². The van der Waals surface area contributed by atoms with Crippen molar-refractivity contribution in [2.45, 2.75) is 32.8 Å². The van der Waals surface area contributed by atoms with Crippen molar-refractivity contribution in [1.82, 2.24) is 10.1 Å². The zero-order chi connectivity index (χ0) is 15.6. The molecule has 1 N–H and O–H groups in total. The second-order valence-electron chi connectivity index (χ2n) is 5.50. The first-order valence-electron chi connectivity index (χ1n) is 6.26. The van der Waals surface area contributed by atoms with E-state index in [2.05, 4.69) is 10.1 Å². The summed E-state index contributed by atoms with van der Waals surface area (Å²) in [5.74, 6) is 0.167. The molecule has 0 fully saturated rings. The van der Waals surface area contributed by atoms with Gasteiger partial charge in [0, 0.05) is 5.41 Å². The highest BCUT2D eigenvalue weighted by atomic mass is 35.5. The lowest BCUT2D eigenvalue weighted by Gasteiger charge is -2.10. The molecule has 0 saturated carbocycles. The van der Waals surface area contributed by atoms with Gasteiger partial charge in [-0.3, -0.25) is 0 Å². The molecule has 0 unspecified atom stereocenters. The number of rotatable bonds is 4. The lowest BCUT2D eigenvalue weighted by molar-refractivity contribution is 0.0696. The Hall–Kier alpha value is -2.08. The zero-order valence-corrected chi connectivity index (χ0v) is 12.6. The summed E-state index contributed by atoms with van der Waals surface area (Å²) >= 11 is 5.78. The molecule has 0 aliphatic rings. The Morgan fingerprint density at radius 1 is 1.43 bits per heavy atom. The van der Waals surface area contributed by atoms with Crippen LogP contribution in [0.3, 0.4) is 0 Å². The van der Waals surface area contributed by atoms with Gasteiger partial charge in [0.25, 0.3) is 5.89 Å². The molecule has 2 aromatic rings. The highest BCUT2D eigenvalue weighted by Crippen LogP contribution is 2.23. The second kappa shape index (κ2) is 5.73. The van der Waals surface area contributed by atoms with Gasteiger partial charge in [-0.25, -0.2) is 4.79 Å². The van der Waals surface area contributed by atoms with Crippen molar-refractivity contribution in [3.8, 4) is 5.75 Å². The van der Waals surface area contributed by atoms with Crippen LogP contribution >= 0.6 is 11.6 Å². The molecule has 1 heterocycles. The first kappa shape index (κ1) is 15.3. The summed E-state index contributed by atoms with van der Waals surface area (Å²) in [4.78, 5) is 15.2. The maximum absolute atomic E-state index is 11.0. The molecule has 6 nitrogen and oxygen atoms in total. The summed E-state index contributed by atoms with van der Waals surface area (Å²) in [7, 11) is 0. The van der Waals surface area contributed by atoms with E-state index in [0.717, 1.165) is 0 Å². The Morgan fingerprint density at radius 3 is 2.71 bits per heavy atom. The number of ether oxygens (including phenoxy) is 1. The predicted molar refractivity (Wildman–Crippen MR) is 75.7 cm³/mol. The predicted octanol–water partition coefficient (Wildman–Crippen LogP) is 3.30. The van der Waals surface area contributed by atoms with Crippen molar-refractivity contribution in [2.24, 2.45) is 0 Å². The van der Waals surface area contributed by atoms with Crippen LogP contribution in [0, 0.1) is 0 Å². The van der Waals surface area contributed by atoms with Gasteiger partial charge in [0.1, 0.15) is 5.75 Å². The maximum Gasteiger partial charge on any atom is 0.337 e. The quantitative estimate of drug-likeness (QED) is 0.932. The Morgan fingerprint density at radius 2 is 2.14 bits per heavy atom. The molecule has 0 amide bonds. The van der Waals surface area contributed by atoms with E-state index in [1.807, 2.05) is 20.8 Å². The number of carboxylic acid groups (broad SMARTS) is 1.